The first kappa shape index (κ1) is 10.6. The van der Waals surface area contributed by atoms with Crippen LogP contribution >= 0.6 is 0 Å². The largest absolute Gasteiger partial charge is 0.0763 e. The van der Waals surface area contributed by atoms with Crippen molar-refractivity contribution in [2.24, 2.45) is 0 Å². The van der Waals surface area contributed by atoms with Crippen molar-refractivity contribution in [3.63, 3.8) is 0 Å². The molecule has 0 fully saturated rings. The van der Waals surface area contributed by atoms with Crippen LogP contribution in [0.2, 0.25) is 0 Å². The van der Waals surface area contributed by atoms with Crippen molar-refractivity contribution in [1.29, 1.82) is 0 Å². The zero-order valence-corrected chi connectivity index (χ0v) is 10.8. The smallest absolute Gasteiger partial charge is 0.0119 e. The maximum absolute atomic E-state index is 2.39. The van der Waals surface area contributed by atoms with Gasteiger partial charge in [-0.15, -0.1) is 0 Å². The molecule has 3 rings (SSSR count). The van der Waals surface area contributed by atoms with E-state index in [1.54, 1.807) is 5.57 Å². The van der Waals surface area contributed by atoms with Crippen molar-refractivity contribution < 1.29 is 0 Å². The van der Waals surface area contributed by atoms with Crippen LogP contribution < -0.4 is 10.4 Å². The Morgan fingerprint density at radius 2 is 1.88 bits per heavy atom. The third-order valence-corrected chi connectivity index (χ3v) is 3.97. The van der Waals surface area contributed by atoms with Crippen molar-refractivity contribution in [3.05, 3.63) is 45.8 Å². The van der Waals surface area contributed by atoms with E-state index < -0.39 is 0 Å². The summed E-state index contributed by atoms with van der Waals surface area (Å²) in [6.45, 7) is 6.77. The van der Waals surface area contributed by atoms with Crippen LogP contribution in [0.5, 0.6) is 0 Å². The summed E-state index contributed by atoms with van der Waals surface area (Å²) in [6, 6.07) is 8.95. The number of hydrogen-bond donors (Lipinski definition) is 0. The summed E-state index contributed by atoms with van der Waals surface area (Å²) in [6.07, 6.45) is 4.79. The fraction of sp³-hybridized carbons (Fsp3) is 0.294. The Kier molecular flexibility index (Phi) is 2.32. The number of rotatable bonds is 0. The van der Waals surface area contributed by atoms with Gasteiger partial charge < -0.3 is 0 Å². The number of hydrogen-bond acceptors (Lipinski definition) is 0. The minimum atomic E-state index is 1.19. The standard InChI is InChI=1S/C17H18/c1-11-6-4-8-14-10-15-9-5-7-12(2)17(15)13(3)16(11)14/h4,6,8-10H,5,7H2,1-3H3. The minimum absolute atomic E-state index is 1.19. The van der Waals surface area contributed by atoms with E-state index in [0.29, 0.717) is 0 Å². The van der Waals surface area contributed by atoms with Gasteiger partial charge >= 0.3 is 0 Å². The van der Waals surface area contributed by atoms with E-state index in [4.69, 9.17) is 0 Å². The lowest BCUT2D eigenvalue weighted by Gasteiger charge is -2.13. The predicted molar refractivity (Wildman–Crippen MR) is 75.5 cm³/mol. The van der Waals surface area contributed by atoms with Crippen LogP contribution in [0.25, 0.3) is 22.4 Å². The Labute approximate surface area is 102 Å². The van der Waals surface area contributed by atoms with E-state index in [1.165, 1.54) is 45.2 Å². The second-order valence-electron chi connectivity index (χ2n) is 5.16. The molecule has 1 aliphatic rings. The fourth-order valence-electron chi connectivity index (χ4n) is 3.20. The van der Waals surface area contributed by atoms with Crippen LogP contribution in [0, 0.1) is 13.8 Å². The number of benzene rings is 2. The Bertz CT molecular complexity index is 718. The molecule has 2 aromatic rings. The zero-order chi connectivity index (χ0) is 12.0. The van der Waals surface area contributed by atoms with Crippen LogP contribution in [0.1, 0.15) is 30.9 Å². The van der Waals surface area contributed by atoms with Gasteiger partial charge in [-0.05, 0) is 72.0 Å². The molecule has 0 saturated heterocycles. The van der Waals surface area contributed by atoms with Crippen molar-refractivity contribution in [3.8, 4) is 0 Å². The summed E-state index contributed by atoms with van der Waals surface area (Å²) in [7, 11) is 0. The molecular weight excluding hydrogens is 204 g/mol. The van der Waals surface area contributed by atoms with Crippen LogP contribution in [0.15, 0.2) is 24.3 Å². The van der Waals surface area contributed by atoms with Crippen LogP contribution in [-0.4, -0.2) is 0 Å². The van der Waals surface area contributed by atoms with Crippen molar-refractivity contribution in [2.75, 3.05) is 0 Å². The number of aryl methyl sites for hydroxylation is 2. The van der Waals surface area contributed by atoms with Gasteiger partial charge in [0.05, 0.1) is 0 Å². The first-order valence-electron chi connectivity index (χ1n) is 6.37. The Morgan fingerprint density at radius 1 is 1.06 bits per heavy atom. The number of fused-ring (bicyclic) bond motifs is 2. The first-order valence-corrected chi connectivity index (χ1v) is 6.37. The van der Waals surface area contributed by atoms with Gasteiger partial charge in [-0.25, -0.2) is 0 Å². The van der Waals surface area contributed by atoms with Crippen molar-refractivity contribution in [1.82, 2.24) is 0 Å². The maximum Gasteiger partial charge on any atom is -0.0119 e. The molecule has 0 spiro atoms. The molecule has 0 saturated carbocycles. The monoisotopic (exact) mass is 222 g/mol. The highest BCUT2D eigenvalue weighted by Crippen LogP contribution is 2.20. The van der Waals surface area contributed by atoms with E-state index in [0.717, 1.165) is 0 Å². The van der Waals surface area contributed by atoms with E-state index in [1.807, 2.05) is 0 Å². The first-order chi connectivity index (χ1) is 8.18. The average Bonchev–Trinajstić information content (AvgIpc) is 2.28. The molecule has 1 aliphatic carbocycles. The average molecular weight is 222 g/mol. The molecule has 0 unspecified atom stereocenters. The van der Waals surface area contributed by atoms with Gasteiger partial charge in [0, 0.05) is 0 Å². The zero-order valence-electron chi connectivity index (χ0n) is 10.8. The molecule has 0 aliphatic heterocycles. The van der Waals surface area contributed by atoms with Gasteiger partial charge in [-0.2, -0.15) is 0 Å². The summed E-state index contributed by atoms with van der Waals surface area (Å²) in [4.78, 5) is 0. The van der Waals surface area contributed by atoms with Crippen LogP contribution in [0.3, 0.4) is 0 Å². The molecule has 0 radical (unpaired) electrons. The third-order valence-electron chi connectivity index (χ3n) is 3.97. The summed E-state index contributed by atoms with van der Waals surface area (Å²) in [5.41, 5.74) is 4.40. The van der Waals surface area contributed by atoms with E-state index in [9.17, 15) is 0 Å². The highest BCUT2D eigenvalue weighted by atomic mass is 14.1. The predicted octanol–water partition coefficient (Wildman–Crippen LogP) is 3.20. The second-order valence-corrected chi connectivity index (χ2v) is 5.16. The highest BCUT2D eigenvalue weighted by molar-refractivity contribution is 5.89. The molecule has 0 aromatic heterocycles. The van der Waals surface area contributed by atoms with E-state index >= 15 is 0 Å². The molecule has 0 N–H and O–H groups in total. The molecule has 2 aromatic carbocycles. The topological polar surface area (TPSA) is 0 Å². The molecule has 0 heterocycles. The minimum Gasteiger partial charge on any atom is -0.0763 e. The summed E-state index contributed by atoms with van der Waals surface area (Å²) < 4.78 is 0. The molecule has 0 heteroatoms. The van der Waals surface area contributed by atoms with Crippen molar-refractivity contribution >= 4 is 22.4 Å². The molecule has 0 atom stereocenters. The summed E-state index contributed by atoms with van der Waals surface area (Å²) in [5.74, 6) is 0. The molecule has 86 valence electrons. The highest BCUT2D eigenvalue weighted by Gasteiger charge is 2.07. The lowest BCUT2D eigenvalue weighted by atomic mass is 9.92. The van der Waals surface area contributed by atoms with E-state index in [-0.39, 0.29) is 0 Å². The normalized spacial score (nSPS) is 14.6. The van der Waals surface area contributed by atoms with Crippen molar-refractivity contribution in [2.45, 2.75) is 33.6 Å². The molecule has 0 bridgehead atoms. The SMILES string of the molecule is CC1=c2c(C)c3c(C)cccc3cc2=CCC1. The van der Waals surface area contributed by atoms with Gasteiger partial charge in [-0.3, -0.25) is 0 Å². The summed E-state index contributed by atoms with van der Waals surface area (Å²) >= 11 is 0. The second kappa shape index (κ2) is 3.73. The lowest BCUT2D eigenvalue weighted by Crippen LogP contribution is -2.31. The fourth-order valence-corrected chi connectivity index (χ4v) is 3.20. The Morgan fingerprint density at radius 3 is 2.71 bits per heavy atom. The van der Waals surface area contributed by atoms with Gasteiger partial charge in [0.15, 0.2) is 0 Å². The van der Waals surface area contributed by atoms with E-state index in [2.05, 4.69) is 51.1 Å². The Hall–Kier alpha value is -1.56. The summed E-state index contributed by atoms with van der Waals surface area (Å²) in [5, 5.41) is 5.76. The van der Waals surface area contributed by atoms with Crippen LogP contribution in [-0.2, 0) is 0 Å². The molecule has 0 nitrogen and oxygen atoms in total. The van der Waals surface area contributed by atoms with Gasteiger partial charge in [0.25, 0.3) is 0 Å². The molecule has 17 heavy (non-hydrogen) atoms. The molecule has 0 amide bonds. The van der Waals surface area contributed by atoms with Crippen LogP contribution in [0.4, 0.5) is 0 Å². The van der Waals surface area contributed by atoms with Gasteiger partial charge in [-0.1, -0.05) is 29.8 Å². The maximum atomic E-state index is 2.39. The molecular formula is C17H18. The van der Waals surface area contributed by atoms with Gasteiger partial charge in [0.2, 0.25) is 0 Å². The Balaban J connectivity index is 2.64. The van der Waals surface area contributed by atoms with Gasteiger partial charge in [0.1, 0.15) is 0 Å². The third kappa shape index (κ3) is 1.51. The lowest BCUT2D eigenvalue weighted by molar-refractivity contribution is 1.06. The quantitative estimate of drug-likeness (QED) is 0.642.